The Hall–Kier alpha value is -2.27. The van der Waals surface area contributed by atoms with Crippen LogP contribution in [-0.4, -0.2) is 24.6 Å². The summed E-state index contributed by atoms with van der Waals surface area (Å²) in [6.07, 6.45) is 2.27. The zero-order valence-corrected chi connectivity index (χ0v) is 15.5. The van der Waals surface area contributed by atoms with Crippen LogP contribution in [0, 0.1) is 19.8 Å². The minimum absolute atomic E-state index is 0.00234. The van der Waals surface area contributed by atoms with E-state index in [4.69, 9.17) is 0 Å². The van der Waals surface area contributed by atoms with Crippen molar-refractivity contribution in [1.82, 2.24) is 0 Å². The third-order valence-corrected chi connectivity index (χ3v) is 5.11. The molecule has 2 aromatic rings. The molecule has 0 bridgehead atoms. The summed E-state index contributed by atoms with van der Waals surface area (Å²) >= 11 is 1.66. The van der Waals surface area contributed by atoms with Crippen LogP contribution in [0.4, 0.5) is 11.4 Å². The highest BCUT2D eigenvalue weighted by Crippen LogP contribution is 2.28. The van der Waals surface area contributed by atoms with E-state index in [9.17, 15) is 9.59 Å². The molecule has 1 atom stereocenters. The number of nitrogens with one attached hydrogen (secondary N) is 1. The molecule has 1 heterocycles. The Balaban J connectivity index is 1.69. The fraction of sp³-hybridized carbons (Fsp3) is 0.300. The van der Waals surface area contributed by atoms with Crippen molar-refractivity contribution in [2.45, 2.75) is 25.2 Å². The number of hydrogen-bond donors (Lipinski definition) is 1. The standard InChI is InChI=1S/C20H22N2O2S/c1-13-8-14(2)10-16(9-13)21-20(24)15-11-19(23)22(12-15)17-4-6-18(25-3)7-5-17/h4-10,15H,11-12H2,1-3H3,(H,21,24). The molecule has 2 aromatic carbocycles. The fourth-order valence-electron chi connectivity index (χ4n) is 3.19. The van der Waals surface area contributed by atoms with Gasteiger partial charge in [0.2, 0.25) is 11.8 Å². The number of nitrogens with zero attached hydrogens (tertiary/aromatic N) is 1. The van der Waals surface area contributed by atoms with Crippen LogP contribution in [0.15, 0.2) is 47.4 Å². The van der Waals surface area contributed by atoms with Crippen LogP contribution in [0.2, 0.25) is 0 Å². The summed E-state index contributed by atoms with van der Waals surface area (Å²) in [6.45, 7) is 4.43. The molecule has 2 amide bonds. The summed E-state index contributed by atoms with van der Waals surface area (Å²) in [6, 6.07) is 13.8. The van der Waals surface area contributed by atoms with Gasteiger partial charge in [0.05, 0.1) is 5.92 Å². The molecule has 3 rings (SSSR count). The Morgan fingerprint density at radius 1 is 1.12 bits per heavy atom. The second-order valence-corrected chi connectivity index (χ2v) is 7.35. The van der Waals surface area contributed by atoms with E-state index in [0.717, 1.165) is 27.4 Å². The number of carbonyl (C=O) groups excluding carboxylic acids is 2. The highest BCUT2D eigenvalue weighted by molar-refractivity contribution is 7.98. The zero-order valence-electron chi connectivity index (χ0n) is 14.7. The number of benzene rings is 2. The maximum Gasteiger partial charge on any atom is 0.229 e. The van der Waals surface area contributed by atoms with Gasteiger partial charge in [0.15, 0.2) is 0 Å². The minimum atomic E-state index is -0.325. The first-order valence-corrected chi connectivity index (χ1v) is 9.52. The molecule has 1 aliphatic heterocycles. The average molecular weight is 354 g/mol. The molecule has 0 aromatic heterocycles. The van der Waals surface area contributed by atoms with E-state index in [1.165, 1.54) is 0 Å². The first kappa shape index (κ1) is 17.5. The number of anilines is 2. The first-order valence-electron chi connectivity index (χ1n) is 8.30. The molecule has 1 fully saturated rings. The van der Waals surface area contributed by atoms with E-state index in [0.29, 0.717) is 6.54 Å². The third kappa shape index (κ3) is 4.04. The van der Waals surface area contributed by atoms with Crippen molar-refractivity contribution in [3.05, 3.63) is 53.6 Å². The van der Waals surface area contributed by atoms with Gasteiger partial charge in [-0.3, -0.25) is 9.59 Å². The molecule has 0 spiro atoms. The van der Waals surface area contributed by atoms with Gasteiger partial charge in [0, 0.05) is 29.2 Å². The van der Waals surface area contributed by atoms with E-state index < -0.39 is 0 Å². The summed E-state index contributed by atoms with van der Waals surface area (Å²) in [5, 5.41) is 2.96. The number of amides is 2. The lowest BCUT2D eigenvalue weighted by molar-refractivity contribution is -0.122. The maximum atomic E-state index is 12.6. The van der Waals surface area contributed by atoms with Crippen LogP contribution in [0.3, 0.4) is 0 Å². The van der Waals surface area contributed by atoms with Gasteiger partial charge in [0.1, 0.15) is 0 Å². The largest absolute Gasteiger partial charge is 0.326 e. The van der Waals surface area contributed by atoms with Crippen molar-refractivity contribution in [3.8, 4) is 0 Å². The van der Waals surface area contributed by atoms with Crippen molar-refractivity contribution in [3.63, 3.8) is 0 Å². The van der Waals surface area contributed by atoms with E-state index in [1.807, 2.05) is 56.5 Å². The Morgan fingerprint density at radius 3 is 2.36 bits per heavy atom. The molecular weight excluding hydrogens is 332 g/mol. The summed E-state index contributed by atoms with van der Waals surface area (Å²) < 4.78 is 0. The van der Waals surface area contributed by atoms with Crippen molar-refractivity contribution in [2.24, 2.45) is 5.92 Å². The van der Waals surface area contributed by atoms with Gasteiger partial charge < -0.3 is 10.2 Å². The molecular formula is C20H22N2O2S. The number of aryl methyl sites for hydroxylation is 2. The van der Waals surface area contributed by atoms with Gasteiger partial charge in [-0.15, -0.1) is 11.8 Å². The third-order valence-electron chi connectivity index (χ3n) is 4.37. The number of rotatable bonds is 4. The highest BCUT2D eigenvalue weighted by Gasteiger charge is 2.35. The zero-order chi connectivity index (χ0) is 18.0. The lowest BCUT2D eigenvalue weighted by Crippen LogP contribution is -2.28. The van der Waals surface area contributed by atoms with Crippen LogP contribution >= 0.6 is 11.8 Å². The van der Waals surface area contributed by atoms with Gasteiger partial charge in [0.25, 0.3) is 0 Å². The van der Waals surface area contributed by atoms with Crippen molar-refractivity contribution < 1.29 is 9.59 Å². The van der Waals surface area contributed by atoms with Crippen LogP contribution < -0.4 is 10.2 Å². The smallest absolute Gasteiger partial charge is 0.229 e. The molecule has 25 heavy (non-hydrogen) atoms. The van der Waals surface area contributed by atoms with Gasteiger partial charge in [-0.2, -0.15) is 0 Å². The van der Waals surface area contributed by atoms with E-state index >= 15 is 0 Å². The fourth-order valence-corrected chi connectivity index (χ4v) is 3.59. The van der Waals surface area contributed by atoms with Gasteiger partial charge in [-0.05, 0) is 67.6 Å². The second-order valence-electron chi connectivity index (χ2n) is 6.47. The van der Waals surface area contributed by atoms with Crippen LogP contribution in [0.25, 0.3) is 0 Å². The summed E-state index contributed by atoms with van der Waals surface area (Å²) in [5.41, 5.74) is 3.85. The average Bonchev–Trinajstić information content (AvgIpc) is 2.96. The van der Waals surface area contributed by atoms with Gasteiger partial charge in [-0.25, -0.2) is 0 Å². The summed E-state index contributed by atoms with van der Waals surface area (Å²) in [4.78, 5) is 27.8. The quantitative estimate of drug-likeness (QED) is 0.844. The molecule has 4 nitrogen and oxygen atoms in total. The predicted octanol–water partition coefficient (Wildman–Crippen LogP) is 4.02. The van der Waals surface area contributed by atoms with E-state index in [2.05, 4.69) is 11.4 Å². The molecule has 1 N–H and O–H groups in total. The summed E-state index contributed by atoms with van der Waals surface area (Å²) in [7, 11) is 0. The van der Waals surface area contributed by atoms with E-state index in [1.54, 1.807) is 16.7 Å². The normalized spacial score (nSPS) is 17.0. The molecule has 130 valence electrons. The molecule has 0 aliphatic carbocycles. The number of carbonyl (C=O) groups is 2. The molecule has 1 saturated heterocycles. The van der Waals surface area contributed by atoms with Crippen molar-refractivity contribution in [1.29, 1.82) is 0 Å². The molecule has 1 unspecified atom stereocenters. The van der Waals surface area contributed by atoms with Crippen LogP contribution in [0.5, 0.6) is 0 Å². The topological polar surface area (TPSA) is 49.4 Å². The number of thioether (sulfide) groups is 1. The lowest BCUT2D eigenvalue weighted by atomic mass is 10.1. The Bertz CT molecular complexity index is 782. The van der Waals surface area contributed by atoms with E-state index in [-0.39, 0.29) is 24.2 Å². The van der Waals surface area contributed by atoms with Crippen LogP contribution in [0.1, 0.15) is 17.5 Å². The van der Waals surface area contributed by atoms with Gasteiger partial charge >= 0.3 is 0 Å². The maximum absolute atomic E-state index is 12.6. The van der Waals surface area contributed by atoms with Crippen molar-refractivity contribution >= 4 is 35.0 Å². The molecule has 5 heteroatoms. The summed E-state index contributed by atoms with van der Waals surface area (Å²) in [5.74, 6) is -0.424. The second kappa shape index (κ2) is 7.31. The highest BCUT2D eigenvalue weighted by atomic mass is 32.2. The minimum Gasteiger partial charge on any atom is -0.326 e. The molecule has 0 radical (unpaired) electrons. The van der Waals surface area contributed by atoms with Gasteiger partial charge in [-0.1, -0.05) is 6.07 Å². The van der Waals surface area contributed by atoms with Crippen molar-refractivity contribution in [2.75, 3.05) is 23.0 Å². The SMILES string of the molecule is CSc1ccc(N2CC(C(=O)Nc3cc(C)cc(C)c3)CC2=O)cc1. The molecule has 1 aliphatic rings. The van der Waals surface area contributed by atoms with Crippen LogP contribution in [-0.2, 0) is 9.59 Å². The molecule has 0 saturated carbocycles. The Kier molecular flexibility index (Phi) is 5.13. The predicted molar refractivity (Wildman–Crippen MR) is 103 cm³/mol. The first-order chi connectivity index (χ1) is 12.0. The lowest BCUT2D eigenvalue weighted by Gasteiger charge is -2.17. The Labute approximate surface area is 152 Å². The Morgan fingerprint density at radius 2 is 1.76 bits per heavy atom. The monoisotopic (exact) mass is 354 g/mol. The number of hydrogen-bond acceptors (Lipinski definition) is 3.